The average Bonchev–Trinajstić information content (AvgIpc) is 2.99. The van der Waals surface area contributed by atoms with E-state index in [9.17, 15) is 8.42 Å². The molecule has 0 saturated heterocycles. The Labute approximate surface area is 135 Å². The summed E-state index contributed by atoms with van der Waals surface area (Å²) in [5.74, 6) is 0. The van der Waals surface area contributed by atoms with Crippen LogP contribution in [0.5, 0.6) is 0 Å². The maximum atomic E-state index is 13.2. The molecule has 0 fully saturated rings. The third kappa shape index (κ3) is 2.19. The van der Waals surface area contributed by atoms with Gasteiger partial charge in [0.25, 0.3) is 10.0 Å². The number of hydrogen-bond donors (Lipinski definition) is 0. The summed E-state index contributed by atoms with van der Waals surface area (Å²) in [5.41, 5.74) is 3.19. The highest BCUT2D eigenvalue weighted by atomic mass is 32.2. The van der Waals surface area contributed by atoms with Crippen LogP contribution >= 0.6 is 0 Å². The number of pyridine rings is 1. The summed E-state index contributed by atoms with van der Waals surface area (Å²) >= 11 is 0. The molecule has 0 spiro atoms. The molecule has 0 atom stereocenters. The van der Waals surface area contributed by atoms with Gasteiger partial charge in [-0.2, -0.15) is 0 Å². The van der Waals surface area contributed by atoms with E-state index < -0.39 is 10.0 Å². The molecule has 3 aromatic rings. The summed E-state index contributed by atoms with van der Waals surface area (Å²) in [4.78, 5) is 4.74. The van der Waals surface area contributed by atoms with Crippen molar-refractivity contribution >= 4 is 26.6 Å². The maximum absolute atomic E-state index is 13.2. The lowest BCUT2D eigenvalue weighted by molar-refractivity contribution is 0.593. The standard InChI is InChI=1S/C18H16N2O2S/c1-13-9-10-15-6-4-8-17(18(15)19-13)23(21,22)20-12-11-14-5-2-3-7-16(14)20/h2-10H,11-12H2,1H3. The number of benzene rings is 2. The van der Waals surface area contributed by atoms with Crippen molar-refractivity contribution in [3.8, 4) is 0 Å². The van der Waals surface area contributed by atoms with E-state index in [4.69, 9.17) is 0 Å². The van der Waals surface area contributed by atoms with E-state index in [1.807, 2.05) is 49.4 Å². The van der Waals surface area contributed by atoms with Crippen molar-refractivity contribution in [1.29, 1.82) is 0 Å². The number of hydrogen-bond acceptors (Lipinski definition) is 3. The van der Waals surface area contributed by atoms with Gasteiger partial charge in [-0.15, -0.1) is 0 Å². The van der Waals surface area contributed by atoms with Crippen LogP contribution in [-0.4, -0.2) is 19.9 Å². The summed E-state index contributed by atoms with van der Waals surface area (Å²) < 4.78 is 27.9. The smallest absolute Gasteiger partial charge is 0.266 e. The lowest BCUT2D eigenvalue weighted by Gasteiger charge is -2.20. The van der Waals surface area contributed by atoms with Gasteiger partial charge >= 0.3 is 0 Å². The molecule has 0 unspecified atom stereocenters. The molecule has 1 aromatic heterocycles. The van der Waals surface area contributed by atoms with Crippen LogP contribution in [-0.2, 0) is 16.4 Å². The lowest BCUT2D eigenvalue weighted by atomic mass is 10.2. The quantitative estimate of drug-likeness (QED) is 0.727. The first-order valence-electron chi connectivity index (χ1n) is 7.54. The highest BCUT2D eigenvalue weighted by Crippen LogP contribution is 2.34. The van der Waals surface area contributed by atoms with Gasteiger partial charge in [0.05, 0.1) is 11.2 Å². The number of nitrogens with zero attached hydrogens (tertiary/aromatic N) is 2. The molecule has 0 saturated carbocycles. The molecule has 0 bridgehead atoms. The van der Waals surface area contributed by atoms with Crippen molar-refractivity contribution in [2.45, 2.75) is 18.2 Å². The van der Waals surface area contributed by atoms with Gasteiger partial charge in [-0.3, -0.25) is 9.29 Å². The van der Waals surface area contributed by atoms with Crippen molar-refractivity contribution in [3.63, 3.8) is 0 Å². The minimum absolute atomic E-state index is 0.274. The predicted molar refractivity (Wildman–Crippen MR) is 91.2 cm³/mol. The van der Waals surface area contributed by atoms with Crippen LogP contribution in [0, 0.1) is 6.92 Å². The SMILES string of the molecule is Cc1ccc2cccc(S(=O)(=O)N3CCc4ccccc43)c2n1. The third-order valence-corrected chi connectivity index (χ3v) is 6.08. The number of aromatic nitrogens is 1. The Kier molecular flexibility index (Phi) is 3.13. The minimum Gasteiger partial charge on any atom is -0.266 e. The third-order valence-electron chi connectivity index (χ3n) is 4.24. The zero-order valence-electron chi connectivity index (χ0n) is 12.7. The molecular weight excluding hydrogens is 308 g/mol. The second kappa shape index (κ2) is 5.06. The van der Waals surface area contributed by atoms with Crippen LogP contribution in [0.15, 0.2) is 59.5 Å². The first-order chi connectivity index (χ1) is 11.1. The highest BCUT2D eigenvalue weighted by Gasteiger charge is 2.32. The summed E-state index contributed by atoms with van der Waals surface area (Å²) in [6, 6.07) is 16.8. The molecule has 0 amide bonds. The van der Waals surface area contributed by atoms with Crippen LogP contribution in [0.25, 0.3) is 10.9 Å². The van der Waals surface area contributed by atoms with E-state index in [0.717, 1.165) is 28.8 Å². The highest BCUT2D eigenvalue weighted by molar-refractivity contribution is 7.93. The Morgan fingerprint density at radius 2 is 1.83 bits per heavy atom. The van der Waals surface area contributed by atoms with Gasteiger partial charge in [-0.25, -0.2) is 8.42 Å². The van der Waals surface area contributed by atoms with Crippen molar-refractivity contribution in [2.75, 3.05) is 10.8 Å². The zero-order chi connectivity index (χ0) is 16.0. The van der Waals surface area contributed by atoms with Gasteiger partial charge in [0.2, 0.25) is 0 Å². The van der Waals surface area contributed by atoms with Crippen LogP contribution in [0.4, 0.5) is 5.69 Å². The first-order valence-corrected chi connectivity index (χ1v) is 8.98. The molecule has 5 heteroatoms. The molecule has 1 aliphatic heterocycles. The number of anilines is 1. The summed E-state index contributed by atoms with van der Waals surface area (Å²) in [6.45, 7) is 2.35. The van der Waals surface area contributed by atoms with Crippen molar-refractivity contribution in [2.24, 2.45) is 0 Å². The fraction of sp³-hybridized carbons (Fsp3) is 0.167. The van der Waals surface area contributed by atoms with Crippen LogP contribution in [0.1, 0.15) is 11.3 Å². The minimum atomic E-state index is -3.62. The zero-order valence-corrected chi connectivity index (χ0v) is 13.5. The van der Waals surface area contributed by atoms with E-state index in [1.54, 1.807) is 12.1 Å². The van der Waals surface area contributed by atoms with Crippen molar-refractivity contribution in [3.05, 3.63) is 65.9 Å². The van der Waals surface area contributed by atoms with Crippen molar-refractivity contribution in [1.82, 2.24) is 4.98 Å². The molecule has 2 heterocycles. The van der Waals surface area contributed by atoms with E-state index in [0.29, 0.717) is 12.1 Å². The van der Waals surface area contributed by atoms with Gasteiger partial charge < -0.3 is 0 Å². The Balaban J connectivity index is 1.93. The van der Waals surface area contributed by atoms with Gasteiger partial charge in [0.15, 0.2) is 0 Å². The predicted octanol–water partition coefficient (Wildman–Crippen LogP) is 3.29. The van der Waals surface area contributed by atoms with Gasteiger partial charge in [-0.1, -0.05) is 36.4 Å². The Hall–Kier alpha value is -2.40. The topological polar surface area (TPSA) is 50.3 Å². The molecule has 4 rings (SSSR count). The first kappa shape index (κ1) is 14.2. The van der Waals surface area contributed by atoms with E-state index in [2.05, 4.69) is 4.98 Å². The van der Waals surface area contributed by atoms with Gasteiger partial charge in [0.1, 0.15) is 4.90 Å². The number of rotatable bonds is 2. The second-order valence-corrected chi connectivity index (χ2v) is 7.57. The monoisotopic (exact) mass is 324 g/mol. The van der Waals surface area contributed by atoms with Crippen LogP contribution in [0.3, 0.4) is 0 Å². The number of fused-ring (bicyclic) bond motifs is 2. The number of sulfonamides is 1. The largest absolute Gasteiger partial charge is 0.266 e. The van der Waals surface area contributed by atoms with E-state index in [-0.39, 0.29) is 4.90 Å². The summed E-state index contributed by atoms with van der Waals surface area (Å²) in [5, 5.41) is 0.837. The Morgan fingerprint density at radius 1 is 1.00 bits per heavy atom. The average molecular weight is 324 g/mol. The molecular formula is C18H16N2O2S. The number of para-hydroxylation sites is 2. The summed E-state index contributed by atoms with van der Waals surface area (Å²) in [6.07, 6.45) is 0.743. The van der Waals surface area contributed by atoms with Gasteiger partial charge in [-0.05, 0) is 37.1 Å². The molecule has 116 valence electrons. The van der Waals surface area contributed by atoms with Crippen molar-refractivity contribution < 1.29 is 8.42 Å². The van der Waals surface area contributed by atoms with Crippen LogP contribution < -0.4 is 4.31 Å². The van der Waals surface area contributed by atoms with E-state index >= 15 is 0 Å². The number of aryl methyl sites for hydroxylation is 1. The molecule has 23 heavy (non-hydrogen) atoms. The molecule has 1 aliphatic rings. The Morgan fingerprint density at radius 3 is 2.70 bits per heavy atom. The molecule has 0 N–H and O–H groups in total. The fourth-order valence-electron chi connectivity index (χ4n) is 3.10. The van der Waals surface area contributed by atoms with Crippen LogP contribution in [0.2, 0.25) is 0 Å². The fourth-order valence-corrected chi connectivity index (χ4v) is 4.77. The van der Waals surface area contributed by atoms with Gasteiger partial charge in [0, 0.05) is 17.6 Å². The maximum Gasteiger partial charge on any atom is 0.266 e. The molecule has 0 aliphatic carbocycles. The molecule has 2 aromatic carbocycles. The second-order valence-electron chi connectivity index (χ2n) is 5.74. The lowest BCUT2D eigenvalue weighted by Crippen LogP contribution is -2.29. The molecule has 0 radical (unpaired) electrons. The Bertz CT molecular complexity index is 1010. The molecule has 4 nitrogen and oxygen atoms in total. The van der Waals surface area contributed by atoms with E-state index in [1.165, 1.54) is 4.31 Å². The summed E-state index contributed by atoms with van der Waals surface area (Å²) in [7, 11) is -3.62. The normalized spacial score (nSPS) is 14.2.